The number of hydrogen-bond donors (Lipinski definition) is 0. The molecule has 246 valence electrons. The summed E-state index contributed by atoms with van der Waals surface area (Å²) in [5, 5.41) is 0. The molecule has 1 fully saturated rings. The van der Waals surface area contributed by atoms with Crippen molar-refractivity contribution in [3.63, 3.8) is 0 Å². The molecule has 4 atom stereocenters. The minimum atomic E-state index is -8.28. The number of alkyl halides is 15. The van der Waals surface area contributed by atoms with E-state index in [-0.39, 0.29) is 18.2 Å². The molecule has 1 rings (SSSR count). The van der Waals surface area contributed by atoms with Gasteiger partial charge in [0.2, 0.25) is 0 Å². The molecule has 1 aliphatic carbocycles. The van der Waals surface area contributed by atoms with Crippen LogP contribution < -0.4 is 0 Å². The van der Waals surface area contributed by atoms with Gasteiger partial charge >= 0.3 is 47.5 Å². The second-order valence-corrected chi connectivity index (χ2v) is 8.61. The number of ether oxygens (including phenoxy) is 3. The summed E-state index contributed by atoms with van der Waals surface area (Å²) in [4.78, 5) is 33.3. The Balaban J connectivity index is 4.43. The lowest BCUT2D eigenvalue weighted by Gasteiger charge is -2.63. The van der Waals surface area contributed by atoms with Crippen LogP contribution in [0.4, 0.5) is 65.9 Å². The van der Waals surface area contributed by atoms with Crippen LogP contribution in [0.2, 0.25) is 0 Å². The van der Waals surface area contributed by atoms with Crippen LogP contribution in [-0.2, 0) is 28.6 Å². The fraction of sp³-hybridized carbons (Fsp3) is 0.591. The number of rotatable bonds is 13. The van der Waals surface area contributed by atoms with E-state index in [1.54, 1.807) is 0 Å². The summed E-state index contributed by atoms with van der Waals surface area (Å²) in [5.74, 6) is -44.3. The van der Waals surface area contributed by atoms with E-state index in [1.165, 1.54) is 0 Å². The van der Waals surface area contributed by atoms with Crippen molar-refractivity contribution in [3.8, 4) is 0 Å². The Kier molecular flexibility index (Phi) is 9.84. The van der Waals surface area contributed by atoms with Gasteiger partial charge in [-0.2, -0.15) is 43.9 Å². The third kappa shape index (κ3) is 4.72. The number of halogens is 15. The minimum absolute atomic E-state index is 0.105. The quantitative estimate of drug-likeness (QED) is 0.117. The monoisotopic (exact) mass is 662 g/mol. The fourth-order valence-electron chi connectivity index (χ4n) is 4.03. The highest BCUT2D eigenvalue weighted by molar-refractivity contribution is 5.82. The maximum atomic E-state index is 16.1. The molecule has 43 heavy (non-hydrogen) atoms. The number of carbonyl (C=O) groups excluding carboxylic acids is 3. The number of hydrogen-bond acceptors (Lipinski definition) is 6. The Labute approximate surface area is 230 Å². The molecule has 6 nitrogen and oxygen atoms in total. The molecule has 1 saturated carbocycles. The Morgan fingerprint density at radius 2 is 0.791 bits per heavy atom. The van der Waals surface area contributed by atoms with Gasteiger partial charge in [0.25, 0.3) is 22.7 Å². The van der Waals surface area contributed by atoms with Gasteiger partial charge in [-0.3, -0.25) is 0 Å². The summed E-state index contributed by atoms with van der Waals surface area (Å²) < 4.78 is 239. The molecule has 0 aliphatic heterocycles. The highest BCUT2D eigenvalue weighted by Crippen LogP contribution is 2.76. The van der Waals surface area contributed by atoms with Crippen LogP contribution in [0.15, 0.2) is 38.0 Å². The van der Waals surface area contributed by atoms with Crippen molar-refractivity contribution >= 4 is 17.9 Å². The van der Waals surface area contributed by atoms with E-state index in [4.69, 9.17) is 0 Å². The first-order valence-corrected chi connectivity index (χ1v) is 10.8. The van der Waals surface area contributed by atoms with Gasteiger partial charge in [-0.15, -0.1) is 0 Å². The van der Waals surface area contributed by atoms with Crippen molar-refractivity contribution in [2.45, 2.75) is 52.3 Å². The molecule has 0 aromatic carbocycles. The predicted octanol–water partition coefficient (Wildman–Crippen LogP) is 5.17. The molecule has 0 aromatic rings. The van der Waals surface area contributed by atoms with Crippen molar-refractivity contribution in [2.24, 2.45) is 0 Å². The van der Waals surface area contributed by atoms with Crippen molar-refractivity contribution < 1.29 is 94.5 Å². The highest BCUT2D eigenvalue weighted by atomic mass is 19.3. The van der Waals surface area contributed by atoms with Crippen LogP contribution in [0.5, 0.6) is 0 Å². The van der Waals surface area contributed by atoms with Gasteiger partial charge in [-0.05, 0) is 0 Å². The average molecular weight is 662 g/mol. The zero-order valence-corrected chi connectivity index (χ0v) is 20.8. The van der Waals surface area contributed by atoms with E-state index >= 15 is 43.9 Å². The van der Waals surface area contributed by atoms with Gasteiger partial charge in [-0.1, -0.05) is 19.7 Å². The largest absolute Gasteiger partial charge is 0.456 e. The minimum Gasteiger partial charge on any atom is -0.456 e. The maximum absolute atomic E-state index is 16.1. The first-order chi connectivity index (χ1) is 19.2. The van der Waals surface area contributed by atoms with Crippen molar-refractivity contribution in [3.05, 3.63) is 38.0 Å². The van der Waals surface area contributed by atoms with Crippen LogP contribution in [-0.4, -0.2) is 96.7 Å². The molecule has 4 unspecified atom stereocenters. The molecule has 0 heterocycles. The van der Waals surface area contributed by atoms with Crippen molar-refractivity contribution in [1.82, 2.24) is 0 Å². The van der Waals surface area contributed by atoms with Gasteiger partial charge in [0.1, 0.15) is 6.67 Å². The molecule has 0 aromatic heterocycles. The SMILES string of the molecule is C=CC(=O)OCC(F)(F)C1(F)C(F)(F)C(F)(C(F)(F)COC(=O)C=C)C(F)(C(F)(F)COC(=O)C=C)C(F)(F)C1(F)CF. The van der Waals surface area contributed by atoms with Crippen molar-refractivity contribution in [2.75, 3.05) is 26.5 Å². The summed E-state index contributed by atoms with van der Waals surface area (Å²) in [6.45, 7) is -7.21. The average Bonchev–Trinajstić information content (AvgIpc) is 2.93. The van der Waals surface area contributed by atoms with E-state index in [1.807, 2.05) is 0 Å². The van der Waals surface area contributed by atoms with Crippen LogP contribution in [0.1, 0.15) is 0 Å². The summed E-state index contributed by atoms with van der Waals surface area (Å²) >= 11 is 0. The van der Waals surface area contributed by atoms with Crippen LogP contribution >= 0.6 is 0 Å². The van der Waals surface area contributed by atoms with Gasteiger partial charge in [-0.25, -0.2) is 36.3 Å². The maximum Gasteiger partial charge on any atom is 0.334 e. The van der Waals surface area contributed by atoms with Crippen LogP contribution in [0, 0.1) is 0 Å². The van der Waals surface area contributed by atoms with Crippen LogP contribution in [0.25, 0.3) is 0 Å². The lowest BCUT2D eigenvalue weighted by atomic mass is 9.52. The summed E-state index contributed by atoms with van der Waals surface area (Å²) in [6, 6.07) is 0. The Hall–Kier alpha value is -3.42. The van der Waals surface area contributed by atoms with E-state index in [0.29, 0.717) is 0 Å². The molecule has 1 aliphatic rings. The van der Waals surface area contributed by atoms with E-state index < -0.39 is 96.7 Å². The molecule has 0 amide bonds. The summed E-state index contributed by atoms with van der Waals surface area (Å²) in [7, 11) is 0. The van der Waals surface area contributed by atoms with Crippen LogP contribution in [0.3, 0.4) is 0 Å². The van der Waals surface area contributed by atoms with Crippen molar-refractivity contribution in [1.29, 1.82) is 0 Å². The molecular formula is C22H17F15O6. The molecule has 0 saturated heterocycles. The zero-order valence-electron chi connectivity index (χ0n) is 20.8. The molecule has 0 N–H and O–H groups in total. The van der Waals surface area contributed by atoms with E-state index in [0.717, 1.165) is 0 Å². The normalized spacial score (nSPS) is 30.5. The predicted molar refractivity (Wildman–Crippen MR) is 110 cm³/mol. The van der Waals surface area contributed by atoms with Gasteiger partial charge in [0.05, 0.1) is 0 Å². The zero-order chi connectivity index (χ0) is 34.3. The van der Waals surface area contributed by atoms with Gasteiger partial charge in [0.15, 0.2) is 19.8 Å². The highest BCUT2D eigenvalue weighted by Gasteiger charge is 3.08. The molecule has 0 bridgehead atoms. The second-order valence-electron chi connectivity index (χ2n) is 8.61. The van der Waals surface area contributed by atoms with E-state index in [9.17, 15) is 36.3 Å². The summed E-state index contributed by atoms with van der Waals surface area (Å²) in [6.07, 6.45) is -0.372. The number of carbonyl (C=O) groups is 3. The number of esters is 3. The molecular weight excluding hydrogens is 645 g/mol. The molecule has 0 radical (unpaired) electrons. The third-order valence-electron chi connectivity index (χ3n) is 6.20. The fourth-order valence-corrected chi connectivity index (χ4v) is 4.03. The standard InChI is InChI=1S/C22H17F15O6/c1-4-11(38)41-8-15(25,26)18(31)14(24,7-23)21(34,35)19(32,16(27,28)9-42-12(39)5-2)20(33,22(18,36)37)17(29,30)10-43-13(40)6-3/h4-6H,1-3,7-10H2. The first-order valence-electron chi connectivity index (χ1n) is 10.8. The lowest BCUT2D eigenvalue weighted by Crippen LogP contribution is -2.96. The van der Waals surface area contributed by atoms with E-state index in [2.05, 4.69) is 33.9 Å². The topological polar surface area (TPSA) is 78.9 Å². The molecule has 0 spiro atoms. The Morgan fingerprint density at radius 3 is 1.05 bits per heavy atom. The smallest absolute Gasteiger partial charge is 0.334 e. The third-order valence-corrected chi connectivity index (χ3v) is 6.20. The Morgan fingerprint density at radius 1 is 0.535 bits per heavy atom. The van der Waals surface area contributed by atoms with Gasteiger partial charge in [0, 0.05) is 18.2 Å². The second kappa shape index (κ2) is 11.3. The first kappa shape index (κ1) is 37.6. The Bertz CT molecular complexity index is 1160. The lowest BCUT2D eigenvalue weighted by molar-refractivity contribution is -0.489. The molecule has 21 heteroatoms. The van der Waals surface area contributed by atoms with Gasteiger partial charge < -0.3 is 14.2 Å². The summed E-state index contributed by atoms with van der Waals surface area (Å²) in [5.41, 5.74) is -31.5.